The van der Waals surface area contributed by atoms with Crippen LogP contribution >= 0.6 is 0 Å². The predicted molar refractivity (Wildman–Crippen MR) is 88.6 cm³/mol. The molecule has 5 aromatic carbocycles. The molecule has 6 aromatic rings. The first-order valence-electron chi connectivity index (χ1n) is 7.21. The highest BCUT2D eigenvalue weighted by molar-refractivity contribution is 6.32. The second-order valence-electron chi connectivity index (χ2n) is 5.83. The van der Waals surface area contributed by atoms with Gasteiger partial charge in [-0.3, -0.25) is 0 Å². The number of hydrogen-bond donors (Lipinski definition) is 0. The first-order valence-corrected chi connectivity index (χ1v) is 7.21. The van der Waals surface area contributed by atoms with Crippen molar-refractivity contribution in [1.82, 2.24) is 0 Å². The minimum Gasteiger partial charge on any atom is -0.449 e. The number of hydrogen-bond acceptors (Lipinski definition) is 1. The molecule has 0 fully saturated rings. The lowest BCUT2D eigenvalue weighted by Crippen LogP contribution is -1.84. The predicted octanol–water partition coefficient (Wildman–Crippen LogP) is 5.92. The van der Waals surface area contributed by atoms with Crippen LogP contribution in [0.3, 0.4) is 0 Å². The molecule has 0 amide bonds. The van der Waals surface area contributed by atoms with Crippen LogP contribution in [-0.4, -0.2) is 0 Å². The Labute approximate surface area is 120 Å². The quantitative estimate of drug-likeness (QED) is 0.245. The van der Waals surface area contributed by atoms with Crippen LogP contribution in [0.15, 0.2) is 65.1 Å². The van der Waals surface area contributed by atoms with E-state index in [1.165, 1.54) is 43.1 Å². The van der Waals surface area contributed by atoms with Crippen LogP contribution in [0.2, 0.25) is 0 Å². The summed E-state index contributed by atoms with van der Waals surface area (Å²) in [5.41, 5.74) is 2.09. The van der Waals surface area contributed by atoms with Crippen LogP contribution in [-0.2, 0) is 0 Å². The van der Waals surface area contributed by atoms with E-state index in [-0.39, 0.29) is 0 Å². The summed E-state index contributed by atoms with van der Waals surface area (Å²) in [7, 11) is 0. The Bertz CT molecular complexity index is 1270. The van der Waals surface area contributed by atoms with E-state index in [0.29, 0.717) is 0 Å². The van der Waals surface area contributed by atoms with Gasteiger partial charge in [-0.1, -0.05) is 42.5 Å². The van der Waals surface area contributed by atoms with Gasteiger partial charge in [-0.25, -0.2) is 0 Å². The molecule has 0 saturated heterocycles. The maximum absolute atomic E-state index is 5.62. The van der Waals surface area contributed by atoms with E-state index in [0.717, 1.165) is 11.2 Å². The van der Waals surface area contributed by atoms with Gasteiger partial charge in [-0.15, -0.1) is 0 Å². The second-order valence-corrected chi connectivity index (χ2v) is 5.83. The lowest BCUT2D eigenvalue weighted by Gasteiger charge is -2.11. The Morgan fingerprint density at radius 3 is 2.29 bits per heavy atom. The van der Waals surface area contributed by atoms with Crippen molar-refractivity contribution in [2.24, 2.45) is 0 Å². The molecule has 21 heavy (non-hydrogen) atoms. The lowest BCUT2D eigenvalue weighted by atomic mass is 9.91. The largest absolute Gasteiger partial charge is 0.449 e. The molecule has 96 valence electrons. The van der Waals surface area contributed by atoms with E-state index >= 15 is 0 Å². The molecule has 1 nitrogen and oxygen atoms in total. The van der Waals surface area contributed by atoms with Gasteiger partial charge >= 0.3 is 0 Å². The van der Waals surface area contributed by atoms with Crippen molar-refractivity contribution in [2.75, 3.05) is 0 Å². The van der Waals surface area contributed by atoms with Crippen LogP contribution < -0.4 is 0 Å². The lowest BCUT2D eigenvalue weighted by molar-refractivity contribution is 0.760. The van der Waals surface area contributed by atoms with Crippen LogP contribution in [0.25, 0.3) is 54.3 Å². The molecule has 0 radical (unpaired) electrons. The molecule has 1 aromatic heterocycles. The smallest absolute Gasteiger partial charge is 0.178 e. The molecular formula is C20H10O. The molecule has 0 N–H and O–H groups in total. The summed E-state index contributed by atoms with van der Waals surface area (Å²) in [5, 5.41) is 10.5. The monoisotopic (exact) mass is 266 g/mol. The third-order valence-corrected chi connectivity index (χ3v) is 4.71. The van der Waals surface area contributed by atoms with Crippen molar-refractivity contribution in [1.29, 1.82) is 0 Å². The van der Waals surface area contributed by atoms with Crippen LogP contribution in [0, 0.1) is 0 Å². The molecule has 0 aliphatic heterocycles. The van der Waals surface area contributed by atoms with Crippen LogP contribution in [0.4, 0.5) is 0 Å². The first kappa shape index (κ1) is 10.0. The highest BCUT2D eigenvalue weighted by Gasteiger charge is 2.17. The van der Waals surface area contributed by atoms with Crippen molar-refractivity contribution in [3.8, 4) is 0 Å². The maximum Gasteiger partial charge on any atom is 0.178 e. The zero-order valence-corrected chi connectivity index (χ0v) is 11.2. The Kier molecular flexibility index (Phi) is 1.47. The molecule has 0 spiro atoms. The van der Waals surface area contributed by atoms with Crippen molar-refractivity contribution in [3.05, 3.63) is 60.7 Å². The summed E-state index contributed by atoms with van der Waals surface area (Å²) < 4.78 is 5.62. The van der Waals surface area contributed by atoms with Gasteiger partial charge in [-0.2, -0.15) is 0 Å². The zero-order chi connectivity index (χ0) is 13.6. The molecule has 0 unspecified atom stereocenters. The average Bonchev–Trinajstić information content (AvgIpc) is 3.31. The standard InChI is InChI=1S/C20H10O/c1-2-4-14-11(3-1)9-12-5-6-13-10-17-20(21-17)16-8-7-15(14)18(12)19(13)16/h1-10H. The van der Waals surface area contributed by atoms with Crippen LogP contribution in [0.5, 0.6) is 0 Å². The Morgan fingerprint density at radius 2 is 1.33 bits per heavy atom. The summed E-state index contributed by atoms with van der Waals surface area (Å²) >= 11 is 0. The fourth-order valence-corrected chi connectivity index (χ4v) is 3.75. The molecule has 1 heteroatoms. The number of benzene rings is 5. The molecule has 6 rings (SSSR count). The Balaban J connectivity index is 2.06. The van der Waals surface area contributed by atoms with Gasteiger partial charge < -0.3 is 4.42 Å². The minimum absolute atomic E-state index is 1.03. The average molecular weight is 266 g/mol. The summed E-state index contributed by atoms with van der Waals surface area (Å²) in [6, 6.07) is 22.0. The van der Waals surface area contributed by atoms with E-state index < -0.39 is 0 Å². The maximum atomic E-state index is 5.62. The Morgan fingerprint density at radius 1 is 0.571 bits per heavy atom. The summed E-state index contributed by atoms with van der Waals surface area (Å²) in [6.07, 6.45) is 0. The Hall–Kier alpha value is -2.80. The van der Waals surface area contributed by atoms with Crippen molar-refractivity contribution in [2.45, 2.75) is 0 Å². The third kappa shape index (κ3) is 1.10. The third-order valence-electron chi connectivity index (χ3n) is 4.71. The molecule has 0 aliphatic carbocycles. The highest BCUT2D eigenvalue weighted by Crippen LogP contribution is 2.43. The highest BCUT2D eigenvalue weighted by atomic mass is 16.4. The fraction of sp³-hybridized carbons (Fsp3) is 0. The molecule has 1 heterocycles. The SMILES string of the molecule is c1ccc2c(c1)cc1ccc3cc4oc4c4ccc2c1c34. The van der Waals surface area contributed by atoms with E-state index in [1.54, 1.807) is 0 Å². The topological polar surface area (TPSA) is 13.1 Å². The second kappa shape index (κ2) is 3.09. The van der Waals surface area contributed by atoms with Crippen molar-refractivity contribution < 1.29 is 4.42 Å². The zero-order valence-electron chi connectivity index (χ0n) is 11.2. The van der Waals surface area contributed by atoms with Crippen LogP contribution in [0.1, 0.15) is 0 Å². The summed E-state index contributed by atoms with van der Waals surface area (Å²) in [4.78, 5) is 0. The van der Waals surface area contributed by atoms with E-state index in [9.17, 15) is 0 Å². The van der Waals surface area contributed by atoms with E-state index in [4.69, 9.17) is 4.42 Å². The normalized spacial score (nSPS) is 12.8. The summed E-state index contributed by atoms with van der Waals surface area (Å²) in [5.74, 6) is 0. The van der Waals surface area contributed by atoms with Crippen molar-refractivity contribution >= 4 is 54.3 Å². The van der Waals surface area contributed by atoms with Gasteiger partial charge in [-0.05, 0) is 50.5 Å². The van der Waals surface area contributed by atoms with E-state index in [2.05, 4.69) is 60.7 Å². The van der Waals surface area contributed by atoms with E-state index in [1.807, 2.05) is 0 Å². The first-order chi connectivity index (χ1) is 10.4. The van der Waals surface area contributed by atoms with Gasteiger partial charge in [0.15, 0.2) is 11.2 Å². The molecular weight excluding hydrogens is 256 g/mol. The van der Waals surface area contributed by atoms with Gasteiger partial charge in [0.2, 0.25) is 0 Å². The van der Waals surface area contributed by atoms with Gasteiger partial charge in [0.05, 0.1) is 0 Å². The fourth-order valence-electron chi connectivity index (χ4n) is 3.75. The number of fused-ring (bicyclic) bond motifs is 4. The molecule has 0 bridgehead atoms. The molecule has 0 atom stereocenters. The summed E-state index contributed by atoms with van der Waals surface area (Å²) in [6.45, 7) is 0. The van der Waals surface area contributed by atoms with Crippen molar-refractivity contribution in [3.63, 3.8) is 0 Å². The minimum atomic E-state index is 1.03. The number of rotatable bonds is 0. The molecule has 0 saturated carbocycles. The van der Waals surface area contributed by atoms with Gasteiger partial charge in [0, 0.05) is 10.8 Å². The van der Waals surface area contributed by atoms with Gasteiger partial charge in [0.1, 0.15) is 0 Å². The van der Waals surface area contributed by atoms with Gasteiger partial charge in [0.25, 0.3) is 0 Å². The molecule has 0 aliphatic rings.